The number of carbonyl (C=O) groups is 1. The van der Waals surface area contributed by atoms with Crippen LogP contribution in [0.1, 0.15) is 6.42 Å². The van der Waals surface area contributed by atoms with Gasteiger partial charge in [-0.2, -0.15) is 0 Å². The Morgan fingerprint density at radius 3 is 2.08 bits per heavy atom. The Morgan fingerprint density at radius 2 is 1.75 bits per heavy atom. The molecule has 0 bridgehead atoms. The Labute approximate surface area is 71.8 Å². The Morgan fingerprint density at radius 1 is 1.25 bits per heavy atom. The van der Waals surface area contributed by atoms with Crippen molar-refractivity contribution in [2.24, 2.45) is 5.73 Å². The molecule has 0 heterocycles. The summed E-state index contributed by atoms with van der Waals surface area (Å²) in [6.07, 6.45) is 0.264. The summed E-state index contributed by atoms with van der Waals surface area (Å²) < 4.78 is 0. The van der Waals surface area contributed by atoms with Crippen molar-refractivity contribution in [3.63, 3.8) is 0 Å². The fourth-order valence-corrected chi connectivity index (χ4v) is 0.884. The molecule has 0 atom stereocenters. The molecule has 0 aromatic rings. The van der Waals surface area contributed by atoms with Crippen molar-refractivity contribution in [1.29, 1.82) is 0 Å². The Hall–Kier alpha value is -0.650. The van der Waals surface area contributed by atoms with Crippen LogP contribution in [-0.4, -0.2) is 53.9 Å². The molecule has 12 heavy (non-hydrogen) atoms. The van der Waals surface area contributed by atoms with Crippen molar-refractivity contribution in [2.45, 2.75) is 6.42 Å². The normalized spacial score (nSPS) is 9.92. The number of hydrogen-bond donors (Lipinski definition) is 3. The van der Waals surface area contributed by atoms with Crippen molar-refractivity contribution in [3.05, 3.63) is 0 Å². The summed E-state index contributed by atoms with van der Waals surface area (Å²) in [6.45, 7) is 0.650. The van der Waals surface area contributed by atoms with Crippen molar-refractivity contribution >= 4 is 5.91 Å². The number of amides is 1. The monoisotopic (exact) mass is 176 g/mol. The van der Waals surface area contributed by atoms with E-state index in [1.54, 1.807) is 0 Å². The molecule has 0 saturated carbocycles. The van der Waals surface area contributed by atoms with E-state index in [9.17, 15) is 4.79 Å². The van der Waals surface area contributed by atoms with Crippen molar-refractivity contribution in [2.75, 3.05) is 32.8 Å². The van der Waals surface area contributed by atoms with E-state index in [0.29, 0.717) is 6.54 Å². The maximum atomic E-state index is 11.1. The highest BCUT2D eigenvalue weighted by Gasteiger charge is 2.10. The molecule has 0 radical (unpaired) electrons. The molecule has 5 nitrogen and oxygen atoms in total. The zero-order valence-electron chi connectivity index (χ0n) is 7.07. The maximum Gasteiger partial charge on any atom is 0.223 e. The maximum absolute atomic E-state index is 11.1. The predicted molar refractivity (Wildman–Crippen MR) is 44.4 cm³/mol. The fraction of sp³-hybridized carbons (Fsp3) is 0.857. The molecule has 72 valence electrons. The summed E-state index contributed by atoms with van der Waals surface area (Å²) >= 11 is 0. The molecule has 1 amide bonds. The standard InChI is InChI=1S/C7H16N2O3/c8-2-1-7(12)9(3-5-10)4-6-11/h10-11H,1-6,8H2. The van der Waals surface area contributed by atoms with Crippen LogP contribution in [0.5, 0.6) is 0 Å². The van der Waals surface area contributed by atoms with E-state index in [4.69, 9.17) is 15.9 Å². The van der Waals surface area contributed by atoms with Gasteiger partial charge in [0.2, 0.25) is 5.91 Å². The number of nitrogens with two attached hydrogens (primary N) is 1. The van der Waals surface area contributed by atoms with Crippen LogP contribution in [0.4, 0.5) is 0 Å². The third-order valence-electron chi connectivity index (χ3n) is 1.45. The first-order chi connectivity index (χ1) is 5.76. The van der Waals surface area contributed by atoms with Gasteiger partial charge in [0.05, 0.1) is 13.2 Å². The Balaban J connectivity index is 3.81. The van der Waals surface area contributed by atoms with Crippen LogP contribution in [0.15, 0.2) is 0 Å². The van der Waals surface area contributed by atoms with E-state index in [-0.39, 0.29) is 38.6 Å². The summed E-state index contributed by atoms with van der Waals surface area (Å²) in [5.74, 6) is -0.124. The van der Waals surface area contributed by atoms with E-state index in [0.717, 1.165) is 0 Å². The van der Waals surface area contributed by atoms with Gasteiger partial charge in [0.1, 0.15) is 0 Å². The molecule has 0 unspecified atom stereocenters. The van der Waals surface area contributed by atoms with Gasteiger partial charge in [0.25, 0.3) is 0 Å². The average molecular weight is 176 g/mol. The van der Waals surface area contributed by atoms with Crippen LogP contribution in [-0.2, 0) is 4.79 Å². The summed E-state index contributed by atoms with van der Waals surface area (Å²) in [7, 11) is 0. The lowest BCUT2D eigenvalue weighted by Gasteiger charge is -2.19. The number of rotatable bonds is 6. The minimum absolute atomic E-state index is 0.0870. The second-order valence-corrected chi connectivity index (χ2v) is 2.37. The van der Waals surface area contributed by atoms with E-state index < -0.39 is 0 Å². The number of carbonyl (C=O) groups excluding carboxylic acids is 1. The average Bonchev–Trinajstić information content (AvgIpc) is 2.04. The topological polar surface area (TPSA) is 86.8 Å². The van der Waals surface area contributed by atoms with Crippen LogP contribution in [0.25, 0.3) is 0 Å². The number of aliphatic hydroxyl groups is 2. The van der Waals surface area contributed by atoms with Crippen molar-refractivity contribution in [1.82, 2.24) is 4.90 Å². The molecule has 0 spiro atoms. The van der Waals surface area contributed by atoms with Crippen LogP contribution in [0, 0.1) is 0 Å². The molecule has 0 aliphatic rings. The van der Waals surface area contributed by atoms with Gasteiger partial charge in [-0.1, -0.05) is 0 Å². The summed E-state index contributed by atoms with van der Waals surface area (Å²) in [6, 6.07) is 0. The first-order valence-corrected chi connectivity index (χ1v) is 3.95. The second kappa shape index (κ2) is 7.02. The van der Waals surface area contributed by atoms with Gasteiger partial charge in [-0.25, -0.2) is 0 Å². The summed E-state index contributed by atoms with van der Waals surface area (Å²) in [4.78, 5) is 12.5. The zero-order chi connectivity index (χ0) is 9.40. The molecular weight excluding hydrogens is 160 g/mol. The van der Waals surface area contributed by atoms with Gasteiger partial charge in [-0.3, -0.25) is 4.79 Å². The van der Waals surface area contributed by atoms with E-state index in [2.05, 4.69) is 0 Å². The lowest BCUT2D eigenvalue weighted by Crippen LogP contribution is -2.36. The van der Waals surface area contributed by atoms with Gasteiger partial charge < -0.3 is 20.8 Å². The van der Waals surface area contributed by atoms with Gasteiger partial charge in [0, 0.05) is 26.1 Å². The molecule has 0 saturated heterocycles. The van der Waals surface area contributed by atoms with Crippen LogP contribution in [0.2, 0.25) is 0 Å². The highest BCUT2D eigenvalue weighted by molar-refractivity contribution is 5.76. The number of aliphatic hydroxyl groups excluding tert-OH is 2. The molecule has 0 rings (SSSR count). The molecule has 0 aliphatic heterocycles. The SMILES string of the molecule is NCCC(=O)N(CCO)CCO. The number of hydrogen-bond acceptors (Lipinski definition) is 4. The van der Waals surface area contributed by atoms with Gasteiger partial charge >= 0.3 is 0 Å². The molecule has 0 fully saturated rings. The first-order valence-electron chi connectivity index (χ1n) is 3.95. The van der Waals surface area contributed by atoms with Gasteiger partial charge in [0.15, 0.2) is 0 Å². The van der Waals surface area contributed by atoms with Crippen molar-refractivity contribution in [3.8, 4) is 0 Å². The molecule has 4 N–H and O–H groups in total. The molecular formula is C7H16N2O3. The van der Waals surface area contributed by atoms with Gasteiger partial charge in [-0.15, -0.1) is 0 Å². The molecule has 0 aromatic carbocycles. The van der Waals surface area contributed by atoms with E-state index >= 15 is 0 Å². The zero-order valence-corrected chi connectivity index (χ0v) is 7.07. The predicted octanol–water partition coefficient (Wildman–Crippen LogP) is -1.85. The lowest BCUT2D eigenvalue weighted by atomic mass is 10.3. The molecule has 0 aliphatic carbocycles. The van der Waals surface area contributed by atoms with Crippen LogP contribution in [0.3, 0.4) is 0 Å². The molecule has 0 aromatic heterocycles. The highest BCUT2D eigenvalue weighted by atomic mass is 16.3. The Bertz CT molecular complexity index is 124. The van der Waals surface area contributed by atoms with Crippen LogP contribution < -0.4 is 5.73 Å². The third-order valence-corrected chi connectivity index (χ3v) is 1.45. The lowest BCUT2D eigenvalue weighted by molar-refractivity contribution is -0.132. The largest absolute Gasteiger partial charge is 0.395 e. The minimum atomic E-state index is -0.124. The van der Waals surface area contributed by atoms with E-state index in [1.807, 2.05) is 0 Å². The smallest absolute Gasteiger partial charge is 0.223 e. The fourth-order valence-electron chi connectivity index (χ4n) is 0.884. The van der Waals surface area contributed by atoms with Gasteiger partial charge in [-0.05, 0) is 0 Å². The van der Waals surface area contributed by atoms with Crippen LogP contribution >= 0.6 is 0 Å². The molecule has 5 heteroatoms. The second-order valence-electron chi connectivity index (χ2n) is 2.37. The van der Waals surface area contributed by atoms with E-state index in [1.165, 1.54) is 4.90 Å². The third kappa shape index (κ3) is 4.27. The quantitative estimate of drug-likeness (QED) is 0.443. The minimum Gasteiger partial charge on any atom is -0.395 e. The number of nitrogens with zero attached hydrogens (tertiary/aromatic N) is 1. The first kappa shape index (κ1) is 11.4. The highest BCUT2D eigenvalue weighted by Crippen LogP contribution is 1.91. The summed E-state index contributed by atoms with van der Waals surface area (Å²) in [5, 5.41) is 17.1. The summed E-state index contributed by atoms with van der Waals surface area (Å²) in [5.41, 5.74) is 5.19. The van der Waals surface area contributed by atoms with Crippen molar-refractivity contribution < 1.29 is 15.0 Å². The Kier molecular flexibility index (Phi) is 6.64.